The van der Waals surface area contributed by atoms with Crippen molar-refractivity contribution in [3.63, 3.8) is 0 Å². The Morgan fingerprint density at radius 2 is 1.69 bits per heavy atom. The third-order valence-electron chi connectivity index (χ3n) is 6.38. The number of anilines is 1. The van der Waals surface area contributed by atoms with Crippen molar-refractivity contribution in [2.24, 2.45) is 5.92 Å². The summed E-state index contributed by atoms with van der Waals surface area (Å²) < 4.78 is 1.92. The highest BCUT2D eigenvalue weighted by Crippen LogP contribution is 2.27. The Hall–Kier alpha value is -4.19. The number of hydrogen-bond acceptors (Lipinski definition) is 3. The van der Waals surface area contributed by atoms with Gasteiger partial charge in [-0.2, -0.15) is 5.10 Å². The minimum Gasteiger partial charge on any atom is -0.352 e. The van der Waals surface area contributed by atoms with E-state index in [0.717, 1.165) is 33.6 Å². The summed E-state index contributed by atoms with van der Waals surface area (Å²) >= 11 is 0. The van der Waals surface area contributed by atoms with E-state index in [0.29, 0.717) is 32.4 Å². The van der Waals surface area contributed by atoms with E-state index in [1.807, 2.05) is 83.7 Å². The molecule has 3 aromatic carbocycles. The molecule has 1 atom stereocenters. The van der Waals surface area contributed by atoms with Crippen LogP contribution in [0.3, 0.4) is 0 Å². The number of hydrogen-bond donors (Lipinski definition) is 2. The normalized spacial score (nSPS) is 14.7. The second-order valence-electron chi connectivity index (χ2n) is 8.91. The van der Waals surface area contributed by atoms with E-state index in [2.05, 4.69) is 22.8 Å². The zero-order valence-corrected chi connectivity index (χ0v) is 19.5. The summed E-state index contributed by atoms with van der Waals surface area (Å²) in [6.07, 6.45) is 3.49. The standard InChI is InChI=1S/C29H28N4O2/c34-27(16-15-24-17-23-13-7-8-14-26(23)31-29(24)35)30-18-25-20-33(19-21-9-3-1-4-10-21)32-28(25)22-11-5-2-6-12-22/h1-14,20,24H,15-19H2,(H,30,34)(H,31,35). The maximum Gasteiger partial charge on any atom is 0.227 e. The zero-order valence-electron chi connectivity index (χ0n) is 19.5. The van der Waals surface area contributed by atoms with Crippen LogP contribution in [-0.2, 0) is 29.1 Å². The topological polar surface area (TPSA) is 76.0 Å². The summed E-state index contributed by atoms with van der Waals surface area (Å²) in [5.74, 6) is -0.263. The Kier molecular flexibility index (Phi) is 6.70. The van der Waals surface area contributed by atoms with Crippen LogP contribution < -0.4 is 10.6 Å². The first-order valence-corrected chi connectivity index (χ1v) is 12.0. The SMILES string of the molecule is O=C(CCC1Cc2ccccc2NC1=O)NCc1cn(Cc2ccccc2)nc1-c1ccccc1. The van der Waals surface area contributed by atoms with Crippen LogP contribution in [0.5, 0.6) is 0 Å². The molecule has 0 aliphatic carbocycles. The van der Waals surface area contributed by atoms with Crippen LogP contribution in [0.1, 0.15) is 29.5 Å². The summed E-state index contributed by atoms with van der Waals surface area (Å²) in [6, 6.07) is 28.0. The largest absolute Gasteiger partial charge is 0.352 e. The summed E-state index contributed by atoms with van der Waals surface area (Å²) in [5.41, 5.74) is 6.00. The fourth-order valence-electron chi connectivity index (χ4n) is 4.52. The predicted octanol–water partition coefficient (Wildman–Crippen LogP) is 4.81. The van der Waals surface area contributed by atoms with Gasteiger partial charge in [0.05, 0.1) is 12.2 Å². The molecule has 6 nitrogen and oxygen atoms in total. The number of fused-ring (bicyclic) bond motifs is 1. The molecule has 0 spiro atoms. The maximum absolute atomic E-state index is 12.7. The molecule has 0 radical (unpaired) electrons. The molecule has 35 heavy (non-hydrogen) atoms. The molecular formula is C29H28N4O2. The van der Waals surface area contributed by atoms with Crippen molar-refractivity contribution in [3.8, 4) is 11.3 Å². The predicted molar refractivity (Wildman–Crippen MR) is 137 cm³/mol. The average Bonchev–Trinajstić information content (AvgIpc) is 3.29. The summed E-state index contributed by atoms with van der Waals surface area (Å²) in [5, 5.41) is 10.8. The monoisotopic (exact) mass is 464 g/mol. The fourth-order valence-corrected chi connectivity index (χ4v) is 4.52. The molecule has 1 aromatic heterocycles. The smallest absolute Gasteiger partial charge is 0.227 e. The lowest BCUT2D eigenvalue weighted by Gasteiger charge is -2.24. The van der Waals surface area contributed by atoms with Crippen LogP contribution in [0, 0.1) is 5.92 Å². The van der Waals surface area contributed by atoms with Gasteiger partial charge in [-0.25, -0.2) is 0 Å². The lowest BCUT2D eigenvalue weighted by molar-refractivity contribution is -0.122. The molecule has 1 aliphatic rings. The van der Waals surface area contributed by atoms with Gasteiger partial charge in [0.15, 0.2) is 0 Å². The molecule has 4 aromatic rings. The van der Waals surface area contributed by atoms with Gasteiger partial charge < -0.3 is 10.6 Å². The second-order valence-corrected chi connectivity index (χ2v) is 8.91. The lowest BCUT2D eigenvalue weighted by Crippen LogP contribution is -2.31. The highest BCUT2D eigenvalue weighted by atomic mass is 16.2. The van der Waals surface area contributed by atoms with Gasteiger partial charge in [0.2, 0.25) is 11.8 Å². The highest BCUT2D eigenvalue weighted by molar-refractivity contribution is 5.96. The summed E-state index contributed by atoms with van der Waals surface area (Å²) in [4.78, 5) is 25.1. The first-order chi connectivity index (χ1) is 17.2. The van der Waals surface area contributed by atoms with Gasteiger partial charge >= 0.3 is 0 Å². The third-order valence-corrected chi connectivity index (χ3v) is 6.38. The number of benzene rings is 3. The first kappa shape index (κ1) is 22.6. The molecule has 0 bridgehead atoms. The average molecular weight is 465 g/mol. The Morgan fingerprint density at radius 1 is 0.971 bits per heavy atom. The first-order valence-electron chi connectivity index (χ1n) is 12.0. The Morgan fingerprint density at radius 3 is 2.49 bits per heavy atom. The Labute approximate surface area is 205 Å². The van der Waals surface area contributed by atoms with Crippen LogP contribution >= 0.6 is 0 Å². The number of nitrogens with zero attached hydrogens (tertiary/aromatic N) is 2. The number of aromatic nitrogens is 2. The van der Waals surface area contributed by atoms with E-state index >= 15 is 0 Å². The van der Waals surface area contributed by atoms with Crippen molar-refractivity contribution < 1.29 is 9.59 Å². The zero-order chi connectivity index (χ0) is 24.0. The Balaban J connectivity index is 1.23. The molecule has 2 N–H and O–H groups in total. The highest BCUT2D eigenvalue weighted by Gasteiger charge is 2.26. The van der Waals surface area contributed by atoms with Crippen molar-refractivity contribution in [2.75, 3.05) is 5.32 Å². The maximum atomic E-state index is 12.7. The van der Waals surface area contributed by atoms with Crippen molar-refractivity contribution in [3.05, 3.63) is 108 Å². The molecule has 176 valence electrons. The van der Waals surface area contributed by atoms with Gasteiger partial charge in [-0.15, -0.1) is 0 Å². The van der Waals surface area contributed by atoms with Crippen LogP contribution in [-0.4, -0.2) is 21.6 Å². The van der Waals surface area contributed by atoms with Crippen molar-refractivity contribution in [1.29, 1.82) is 0 Å². The van der Waals surface area contributed by atoms with E-state index in [4.69, 9.17) is 5.10 Å². The lowest BCUT2D eigenvalue weighted by atomic mass is 9.89. The number of nitrogens with one attached hydrogen (secondary N) is 2. The molecule has 2 amide bonds. The van der Waals surface area contributed by atoms with Crippen LogP contribution in [0.15, 0.2) is 91.1 Å². The number of carbonyl (C=O) groups excluding carboxylic acids is 2. The van der Waals surface area contributed by atoms with Gasteiger partial charge in [-0.1, -0.05) is 78.9 Å². The minimum atomic E-state index is -0.191. The molecule has 1 aliphatic heterocycles. The van der Waals surface area contributed by atoms with Gasteiger partial charge in [0.25, 0.3) is 0 Å². The van der Waals surface area contributed by atoms with Crippen molar-refractivity contribution in [2.45, 2.75) is 32.4 Å². The van der Waals surface area contributed by atoms with E-state index in [9.17, 15) is 9.59 Å². The van der Waals surface area contributed by atoms with Crippen LogP contribution in [0.2, 0.25) is 0 Å². The third kappa shape index (κ3) is 5.49. The molecule has 0 saturated heterocycles. The molecule has 0 saturated carbocycles. The molecular weight excluding hydrogens is 436 g/mol. The number of rotatable bonds is 8. The number of carbonyl (C=O) groups is 2. The Bertz CT molecular complexity index is 1320. The number of para-hydroxylation sites is 1. The van der Waals surface area contributed by atoms with Crippen LogP contribution in [0.25, 0.3) is 11.3 Å². The van der Waals surface area contributed by atoms with E-state index in [-0.39, 0.29) is 17.7 Å². The van der Waals surface area contributed by atoms with E-state index in [1.165, 1.54) is 0 Å². The minimum absolute atomic E-state index is 0.00921. The van der Waals surface area contributed by atoms with Gasteiger partial charge in [-0.3, -0.25) is 14.3 Å². The molecule has 2 heterocycles. The van der Waals surface area contributed by atoms with Gasteiger partial charge in [0.1, 0.15) is 0 Å². The van der Waals surface area contributed by atoms with Crippen LogP contribution in [0.4, 0.5) is 5.69 Å². The quantitative estimate of drug-likeness (QED) is 0.393. The number of amides is 2. The summed E-state index contributed by atoms with van der Waals surface area (Å²) in [7, 11) is 0. The van der Waals surface area contributed by atoms with E-state index < -0.39 is 0 Å². The molecule has 6 heteroatoms. The van der Waals surface area contributed by atoms with Crippen molar-refractivity contribution in [1.82, 2.24) is 15.1 Å². The fraction of sp³-hybridized carbons (Fsp3) is 0.207. The van der Waals surface area contributed by atoms with Gasteiger partial charge in [0, 0.05) is 41.9 Å². The molecule has 5 rings (SSSR count). The molecule has 0 fully saturated rings. The van der Waals surface area contributed by atoms with Gasteiger partial charge in [-0.05, 0) is 30.0 Å². The van der Waals surface area contributed by atoms with E-state index in [1.54, 1.807) is 0 Å². The molecule has 1 unspecified atom stereocenters. The summed E-state index contributed by atoms with van der Waals surface area (Å²) in [6.45, 7) is 1.05. The second kappa shape index (κ2) is 10.4. The van der Waals surface area contributed by atoms with Crippen molar-refractivity contribution >= 4 is 17.5 Å².